The van der Waals surface area contributed by atoms with Gasteiger partial charge in [0.15, 0.2) is 23.2 Å². The first-order valence-electron chi connectivity index (χ1n) is 12.1. The smallest absolute Gasteiger partial charge is 0.200 e. The van der Waals surface area contributed by atoms with Crippen molar-refractivity contribution in [3.05, 3.63) is 88.5 Å². The van der Waals surface area contributed by atoms with E-state index in [1.165, 1.54) is 31.2 Å². The molecule has 6 heteroatoms. The quantitative estimate of drug-likeness (QED) is 0.236. The first-order valence-corrected chi connectivity index (χ1v) is 12.1. The van der Waals surface area contributed by atoms with Crippen LogP contribution < -0.4 is 4.74 Å². The fraction of sp³-hybridized carbons (Fsp3) is 0.379. The number of methoxy groups -OCH3 is 1. The Morgan fingerprint density at radius 2 is 1.51 bits per heavy atom. The molecule has 2 atom stereocenters. The third-order valence-corrected chi connectivity index (χ3v) is 6.81. The summed E-state index contributed by atoms with van der Waals surface area (Å²) in [5.41, 5.74) is 2.37. The molecule has 1 fully saturated rings. The van der Waals surface area contributed by atoms with E-state index in [-0.39, 0.29) is 35.0 Å². The van der Waals surface area contributed by atoms with Crippen LogP contribution in [0.15, 0.2) is 48.5 Å². The zero-order chi connectivity index (χ0) is 24.9. The molecule has 0 amide bonds. The van der Waals surface area contributed by atoms with E-state index in [1.54, 1.807) is 12.1 Å². The molecule has 35 heavy (non-hydrogen) atoms. The number of ether oxygens (including phenoxy) is 2. The summed E-state index contributed by atoms with van der Waals surface area (Å²) in [5.74, 6) is -4.39. The van der Waals surface area contributed by atoms with E-state index in [4.69, 9.17) is 9.47 Å². The van der Waals surface area contributed by atoms with Gasteiger partial charge in [0, 0.05) is 17.0 Å². The highest BCUT2D eigenvalue weighted by molar-refractivity contribution is 5.65. The van der Waals surface area contributed by atoms with E-state index in [9.17, 15) is 8.78 Å². The van der Waals surface area contributed by atoms with Gasteiger partial charge in [-0.25, -0.2) is 13.2 Å². The van der Waals surface area contributed by atoms with Crippen molar-refractivity contribution in [3.8, 4) is 16.9 Å². The monoisotopic (exact) mass is 486 g/mol. The van der Waals surface area contributed by atoms with Crippen LogP contribution in [0.5, 0.6) is 5.75 Å². The maximum absolute atomic E-state index is 15.1. The van der Waals surface area contributed by atoms with Gasteiger partial charge in [0.05, 0.1) is 19.8 Å². The van der Waals surface area contributed by atoms with Crippen molar-refractivity contribution in [2.75, 3.05) is 13.7 Å². The molecule has 0 saturated carbocycles. The Hall–Kier alpha value is -2.86. The van der Waals surface area contributed by atoms with Gasteiger partial charge in [-0.05, 0) is 54.5 Å². The molecule has 0 bridgehead atoms. The maximum atomic E-state index is 15.1. The van der Waals surface area contributed by atoms with Crippen LogP contribution in [0.2, 0.25) is 0 Å². The molecule has 1 heterocycles. The number of halogens is 4. The molecule has 0 N–H and O–H groups in total. The van der Waals surface area contributed by atoms with Crippen LogP contribution in [0.1, 0.15) is 67.7 Å². The molecular formula is C29H30F4O2. The highest BCUT2D eigenvalue weighted by Crippen LogP contribution is 2.40. The fourth-order valence-corrected chi connectivity index (χ4v) is 4.73. The maximum Gasteiger partial charge on any atom is 0.200 e. The van der Waals surface area contributed by atoms with Gasteiger partial charge in [0.2, 0.25) is 5.82 Å². The van der Waals surface area contributed by atoms with E-state index in [1.807, 2.05) is 24.3 Å². The molecule has 3 aromatic carbocycles. The summed E-state index contributed by atoms with van der Waals surface area (Å²) in [7, 11) is 1.27. The van der Waals surface area contributed by atoms with E-state index in [2.05, 4.69) is 6.92 Å². The van der Waals surface area contributed by atoms with Crippen LogP contribution in [0.25, 0.3) is 11.1 Å². The Morgan fingerprint density at radius 1 is 0.800 bits per heavy atom. The molecule has 0 radical (unpaired) electrons. The van der Waals surface area contributed by atoms with Gasteiger partial charge in [-0.3, -0.25) is 0 Å². The Labute approximate surface area is 203 Å². The van der Waals surface area contributed by atoms with Crippen LogP contribution in [0.4, 0.5) is 17.6 Å². The lowest BCUT2D eigenvalue weighted by atomic mass is 9.88. The van der Waals surface area contributed by atoms with Gasteiger partial charge in [-0.2, -0.15) is 4.39 Å². The normalized spacial score (nSPS) is 18.0. The highest BCUT2D eigenvalue weighted by Gasteiger charge is 2.30. The van der Waals surface area contributed by atoms with Gasteiger partial charge in [0.25, 0.3) is 0 Å². The van der Waals surface area contributed by atoms with E-state index in [0.29, 0.717) is 18.4 Å². The molecule has 1 aliphatic heterocycles. The Morgan fingerprint density at radius 3 is 2.17 bits per heavy atom. The lowest BCUT2D eigenvalue weighted by Crippen LogP contribution is -2.21. The van der Waals surface area contributed by atoms with Gasteiger partial charge in [-0.1, -0.05) is 56.2 Å². The molecule has 1 aliphatic rings. The third-order valence-electron chi connectivity index (χ3n) is 6.81. The molecule has 4 rings (SSSR count). The SMILES string of the molecule is CCCCCc1ccc(-c2ccc(C3CCC(c4ccc(OC)c(F)c4F)OC3)c(F)c2F)cc1. The van der Waals surface area contributed by atoms with Crippen LogP contribution in [-0.2, 0) is 11.2 Å². The predicted octanol–water partition coefficient (Wildman–Crippen LogP) is 8.29. The summed E-state index contributed by atoms with van der Waals surface area (Å²) < 4.78 is 69.2. The number of hydrogen-bond acceptors (Lipinski definition) is 2. The molecule has 2 unspecified atom stereocenters. The number of hydrogen-bond donors (Lipinski definition) is 0. The summed E-state index contributed by atoms with van der Waals surface area (Å²) in [6, 6.07) is 13.6. The van der Waals surface area contributed by atoms with Crippen molar-refractivity contribution in [1.82, 2.24) is 0 Å². The van der Waals surface area contributed by atoms with Gasteiger partial charge >= 0.3 is 0 Å². The number of aryl methyl sites for hydroxylation is 1. The van der Waals surface area contributed by atoms with Crippen LogP contribution in [-0.4, -0.2) is 13.7 Å². The third kappa shape index (κ3) is 5.37. The summed E-state index contributed by atoms with van der Waals surface area (Å²) in [6.45, 7) is 2.24. The van der Waals surface area contributed by atoms with Gasteiger partial charge in [-0.15, -0.1) is 0 Å². The number of unbranched alkanes of at least 4 members (excludes halogenated alkanes) is 2. The predicted molar refractivity (Wildman–Crippen MR) is 129 cm³/mol. The Kier molecular flexibility index (Phi) is 8.11. The largest absolute Gasteiger partial charge is 0.494 e. The Balaban J connectivity index is 1.46. The summed E-state index contributed by atoms with van der Waals surface area (Å²) >= 11 is 0. The van der Waals surface area contributed by atoms with E-state index < -0.39 is 29.4 Å². The van der Waals surface area contributed by atoms with Crippen molar-refractivity contribution in [3.63, 3.8) is 0 Å². The molecule has 0 spiro atoms. The average Bonchev–Trinajstić information content (AvgIpc) is 2.88. The van der Waals surface area contributed by atoms with Crippen molar-refractivity contribution in [2.45, 2.75) is 57.5 Å². The number of rotatable bonds is 8. The van der Waals surface area contributed by atoms with E-state index >= 15 is 8.78 Å². The summed E-state index contributed by atoms with van der Waals surface area (Å²) in [5, 5.41) is 0. The second-order valence-corrected chi connectivity index (χ2v) is 9.07. The van der Waals surface area contributed by atoms with Crippen LogP contribution >= 0.6 is 0 Å². The first kappa shape index (κ1) is 25.2. The molecule has 0 aromatic heterocycles. The second kappa shape index (κ2) is 11.3. The topological polar surface area (TPSA) is 18.5 Å². The zero-order valence-electron chi connectivity index (χ0n) is 20.1. The Bertz CT molecular complexity index is 1150. The molecule has 0 aliphatic carbocycles. The lowest BCUT2D eigenvalue weighted by molar-refractivity contribution is -0.000706. The minimum Gasteiger partial charge on any atom is -0.494 e. The number of benzene rings is 3. The second-order valence-electron chi connectivity index (χ2n) is 9.07. The first-order chi connectivity index (χ1) is 16.9. The van der Waals surface area contributed by atoms with Gasteiger partial charge < -0.3 is 9.47 Å². The molecular weight excluding hydrogens is 456 g/mol. The molecule has 3 aromatic rings. The molecule has 186 valence electrons. The lowest BCUT2D eigenvalue weighted by Gasteiger charge is -2.30. The van der Waals surface area contributed by atoms with E-state index in [0.717, 1.165) is 19.3 Å². The van der Waals surface area contributed by atoms with Crippen molar-refractivity contribution in [1.29, 1.82) is 0 Å². The standard InChI is InChI=1S/C29H30F4O2/c1-3-4-5-6-18-7-9-19(10-8-18)21-12-13-22(27(31)26(21)30)20-11-15-24(35-17-20)23-14-16-25(34-2)29(33)28(23)32/h7-10,12-14,16,20,24H,3-6,11,15,17H2,1-2H3. The minimum atomic E-state index is -1.06. The highest BCUT2D eigenvalue weighted by atomic mass is 19.2. The summed E-state index contributed by atoms with van der Waals surface area (Å²) in [4.78, 5) is 0. The van der Waals surface area contributed by atoms with Crippen molar-refractivity contribution in [2.24, 2.45) is 0 Å². The van der Waals surface area contributed by atoms with Crippen LogP contribution in [0.3, 0.4) is 0 Å². The van der Waals surface area contributed by atoms with Crippen LogP contribution in [0, 0.1) is 23.3 Å². The van der Waals surface area contributed by atoms with Crippen molar-refractivity contribution < 1.29 is 27.0 Å². The molecule has 2 nitrogen and oxygen atoms in total. The fourth-order valence-electron chi connectivity index (χ4n) is 4.73. The molecule has 1 saturated heterocycles. The minimum absolute atomic E-state index is 0.0833. The van der Waals surface area contributed by atoms with Crippen molar-refractivity contribution >= 4 is 0 Å². The van der Waals surface area contributed by atoms with Gasteiger partial charge in [0.1, 0.15) is 0 Å². The average molecular weight is 487 g/mol. The zero-order valence-corrected chi connectivity index (χ0v) is 20.1. The summed E-state index contributed by atoms with van der Waals surface area (Å²) in [6.07, 6.45) is 4.56.